The molecule has 94 valence electrons. The van der Waals surface area contributed by atoms with Gasteiger partial charge in [-0.1, -0.05) is 5.16 Å². The van der Waals surface area contributed by atoms with Crippen molar-refractivity contribution < 1.29 is 9.45 Å². The van der Waals surface area contributed by atoms with Gasteiger partial charge in [0.05, 0.1) is 0 Å². The Balaban J connectivity index is 1.96. The highest BCUT2D eigenvalue weighted by Crippen LogP contribution is 2.19. The van der Waals surface area contributed by atoms with Gasteiger partial charge in [-0.15, -0.1) is 0 Å². The van der Waals surface area contributed by atoms with E-state index in [2.05, 4.69) is 20.4 Å². The van der Waals surface area contributed by atoms with Crippen LogP contribution in [-0.4, -0.2) is 26.6 Å². The van der Waals surface area contributed by atoms with Crippen LogP contribution in [0.5, 0.6) is 0 Å². The summed E-state index contributed by atoms with van der Waals surface area (Å²) in [5.41, 5.74) is 0.378. The summed E-state index contributed by atoms with van der Waals surface area (Å²) in [5.74, 6) is 0.866. The van der Waals surface area contributed by atoms with Crippen molar-refractivity contribution in [3.8, 4) is 0 Å². The zero-order valence-electron chi connectivity index (χ0n) is 9.66. The predicted molar refractivity (Wildman–Crippen MR) is 62.1 cm³/mol. The minimum absolute atomic E-state index is 0.193. The summed E-state index contributed by atoms with van der Waals surface area (Å²) in [6, 6.07) is 3.24. The lowest BCUT2D eigenvalue weighted by Gasteiger charge is -2.04. The van der Waals surface area contributed by atoms with Crippen molar-refractivity contribution in [2.75, 3.05) is 11.9 Å². The third-order valence-electron chi connectivity index (χ3n) is 2.19. The highest BCUT2D eigenvalue weighted by atomic mass is 16.6. The van der Waals surface area contributed by atoms with Gasteiger partial charge in [-0.05, 0) is 22.0 Å². The van der Waals surface area contributed by atoms with Crippen LogP contribution in [0.3, 0.4) is 0 Å². The first kappa shape index (κ1) is 12.0. The van der Waals surface area contributed by atoms with Crippen molar-refractivity contribution in [1.29, 1.82) is 0 Å². The van der Waals surface area contributed by atoms with E-state index in [0.717, 1.165) is 0 Å². The molecule has 2 aromatic rings. The van der Waals surface area contributed by atoms with Gasteiger partial charge >= 0.3 is 5.82 Å². The summed E-state index contributed by atoms with van der Waals surface area (Å²) in [6.45, 7) is 2.17. The van der Waals surface area contributed by atoms with Gasteiger partial charge in [0.15, 0.2) is 5.82 Å². The maximum atomic E-state index is 10.7. The number of pyridine rings is 1. The van der Waals surface area contributed by atoms with Crippen LogP contribution in [0.1, 0.15) is 11.7 Å². The Hall–Kier alpha value is -2.51. The van der Waals surface area contributed by atoms with Gasteiger partial charge in [-0.2, -0.15) is 4.98 Å². The minimum atomic E-state index is -0.527. The van der Waals surface area contributed by atoms with Crippen LogP contribution in [0.25, 0.3) is 0 Å². The highest BCUT2D eigenvalue weighted by Gasteiger charge is 2.13. The minimum Gasteiger partial charge on any atom is -0.378 e. The van der Waals surface area contributed by atoms with Crippen LogP contribution in [0, 0.1) is 17.0 Å². The Bertz CT molecular complexity index is 554. The molecular formula is C10H11N5O3. The number of nitro groups is 1. The lowest BCUT2D eigenvalue weighted by atomic mass is 10.3. The predicted octanol–water partition coefficient (Wildman–Crippen LogP) is 1.34. The van der Waals surface area contributed by atoms with Gasteiger partial charge in [0.25, 0.3) is 0 Å². The molecule has 2 aromatic heterocycles. The Morgan fingerprint density at radius 3 is 3.06 bits per heavy atom. The fourth-order valence-corrected chi connectivity index (χ4v) is 1.43. The second-order valence-electron chi connectivity index (χ2n) is 3.54. The van der Waals surface area contributed by atoms with Crippen molar-refractivity contribution in [3.63, 3.8) is 0 Å². The van der Waals surface area contributed by atoms with E-state index in [9.17, 15) is 10.1 Å². The molecule has 2 heterocycles. The quantitative estimate of drug-likeness (QED) is 0.629. The molecule has 1 N–H and O–H groups in total. The molecule has 8 heteroatoms. The maximum absolute atomic E-state index is 10.7. The lowest BCUT2D eigenvalue weighted by Crippen LogP contribution is -2.08. The normalized spacial score (nSPS) is 10.3. The third-order valence-corrected chi connectivity index (χ3v) is 2.19. The molecule has 0 atom stereocenters. The molecule has 0 aliphatic carbocycles. The number of aromatic nitrogens is 3. The highest BCUT2D eigenvalue weighted by molar-refractivity contribution is 5.56. The molecule has 0 aromatic carbocycles. The Labute approximate surface area is 102 Å². The van der Waals surface area contributed by atoms with E-state index in [1.54, 1.807) is 19.1 Å². The van der Waals surface area contributed by atoms with Crippen molar-refractivity contribution in [2.24, 2.45) is 0 Å². The summed E-state index contributed by atoms with van der Waals surface area (Å²) in [4.78, 5) is 17.9. The molecule has 0 aliphatic heterocycles. The molecule has 18 heavy (non-hydrogen) atoms. The fourth-order valence-electron chi connectivity index (χ4n) is 1.43. The molecule has 0 bridgehead atoms. The van der Waals surface area contributed by atoms with E-state index in [1.807, 2.05) is 0 Å². The van der Waals surface area contributed by atoms with E-state index in [-0.39, 0.29) is 5.82 Å². The molecule has 0 aliphatic rings. The molecular weight excluding hydrogens is 238 g/mol. The van der Waals surface area contributed by atoms with Gasteiger partial charge in [0.2, 0.25) is 5.89 Å². The second kappa shape index (κ2) is 5.21. The van der Waals surface area contributed by atoms with Crippen LogP contribution in [0.4, 0.5) is 11.5 Å². The van der Waals surface area contributed by atoms with Crippen molar-refractivity contribution >= 4 is 11.5 Å². The Morgan fingerprint density at radius 1 is 1.56 bits per heavy atom. The van der Waals surface area contributed by atoms with Crippen LogP contribution < -0.4 is 5.32 Å². The molecule has 8 nitrogen and oxygen atoms in total. The van der Waals surface area contributed by atoms with E-state index >= 15 is 0 Å². The monoisotopic (exact) mass is 249 g/mol. The first-order valence-corrected chi connectivity index (χ1v) is 5.29. The zero-order valence-corrected chi connectivity index (χ0v) is 9.66. The van der Waals surface area contributed by atoms with Crippen molar-refractivity contribution in [3.05, 3.63) is 40.2 Å². The molecule has 0 fully saturated rings. The molecule has 0 radical (unpaired) electrons. The summed E-state index contributed by atoms with van der Waals surface area (Å²) in [6.07, 6.45) is 1.90. The van der Waals surface area contributed by atoms with Gasteiger partial charge in [0, 0.05) is 19.9 Å². The average molecular weight is 249 g/mol. The van der Waals surface area contributed by atoms with Crippen LogP contribution in [0.2, 0.25) is 0 Å². The summed E-state index contributed by atoms with van der Waals surface area (Å²) in [5, 5.41) is 17.4. The van der Waals surface area contributed by atoms with Crippen LogP contribution in [-0.2, 0) is 6.42 Å². The van der Waals surface area contributed by atoms with Crippen LogP contribution >= 0.6 is 0 Å². The summed E-state index contributed by atoms with van der Waals surface area (Å²) in [7, 11) is 0. The van der Waals surface area contributed by atoms with E-state index < -0.39 is 4.92 Å². The Morgan fingerprint density at radius 2 is 2.39 bits per heavy atom. The number of hydrogen-bond acceptors (Lipinski definition) is 7. The van der Waals surface area contributed by atoms with Gasteiger partial charge in [0.1, 0.15) is 11.9 Å². The van der Waals surface area contributed by atoms with E-state index in [4.69, 9.17) is 4.52 Å². The smallest absolute Gasteiger partial charge is 0.378 e. The number of aryl methyl sites for hydroxylation is 1. The molecule has 2 rings (SSSR count). The number of hydrogen-bond donors (Lipinski definition) is 1. The van der Waals surface area contributed by atoms with Crippen molar-refractivity contribution in [2.45, 2.75) is 13.3 Å². The molecule has 0 amide bonds. The Kier molecular flexibility index (Phi) is 3.46. The molecule has 0 saturated heterocycles. The number of nitrogens with zero attached hydrogens (tertiary/aromatic N) is 4. The fraction of sp³-hybridized carbons (Fsp3) is 0.300. The SMILES string of the molecule is Cc1nc(CCNc2cccnc2[N+](=O)[O-])no1. The first-order chi connectivity index (χ1) is 8.66. The van der Waals surface area contributed by atoms with Gasteiger partial charge in [-0.3, -0.25) is 0 Å². The zero-order chi connectivity index (χ0) is 13.0. The third kappa shape index (κ3) is 2.78. The topological polar surface area (TPSA) is 107 Å². The molecule has 0 unspecified atom stereocenters. The summed E-state index contributed by atoms with van der Waals surface area (Å²) >= 11 is 0. The molecule has 0 saturated carbocycles. The summed E-state index contributed by atoms with van der Waals surface area (Å²) < 4.78 is 4.82. The van der Waals surface area contributed by atoms with Crippen LogP contribution in [0.15, 0.2) is 22.9 Å². The first-order valence-electron chi connectivity index (χ1n) is 5.29. The number of anilines is 1. The van der Waals surface area contributed by atoms with Gasteiger partial charge < -0.3 is 20.0 Å². The number of nitrogens with one attached hydrogen (secondary N) is 1. The van der Waals surface area contributed by atoms with E-state index in [0.29, 0.717) is 30.4 Å². The number of rotatable bonds is 5. The average Bonchev–Trinajstić information content (AvgIpc) is 2.75. The molecule has 0 spiro atoms. The lowest BCUT2D eigenvalue weighted by molar-refractivity contribution is -0.388. The maximum Gasteiger partial charge on any atom is 0.386 e. The largest absolute Gasteiger partial charge is 0.386 e. The van der Waals surface area contributed by atoms with Gasteiger partial charge in [-0.25, -0.2) is 0 Å². The van der Waals surface area contributed by atoms with E-state index in [1.165, 1.54) is 6.20 Å². The standard InChI is InChI=1S/C10H11N5O3/c1-7-13-9(14-18-7)4-6-11-8-3-2-5-12-10(8)15(16)17/h2-3,5,11H,4,6H2,1H3. The second-order valence-corrected chi connectivity index (χ2v) is 3.54. The van der Waals surface area contributed by atoms with Crippen molar-refractivity contribution in [1.82, 2.24) is 15.1 Å².